The van der Waals surface area contributed by atoms with Gasteiger partial charge in [0.1, 0.15) is 0 Å². The van der Waals surface area contributed by atoms with E-state index in [0.29, 0.717) is 0 Å². The van der Waals surface area contributed by atoms with Gasteiger partial charge in [-0.2, -0.15) is 0 Å². The molecule has 0 aliphatic heterocycles. The summed E-state index contributed by atoms with van der Waals surface area (Å²) >= 11 is 3.07. The Hall–Kier alpha value is -0.940. The molecular weight excluding hydrogens is 232 g/mol. The van der Waals surface area contributed by atoms with E-state index in [0.717, 1.165) is 9.79 Å². The van der Waals surface area contributed by atoms with Gasteiger partial charge in [-0.15, -0.1) is 23.5 Å². The first-order valence-corrected chi connectivity index (χ1v) is 6.54. The van der Waals surface area contributed by atoms with Crippen molar-refractivity contribution in [1.29, 1.82) is 0 Å². The zero-order valence-corrected chi connectivity index (χ0v) is 9.95. The van der Waals surface area contributed by atoms with E-state index < -0.39 is 11.8 Å². The average molecular weight is 242 g/mol. The zero-order valence-electron chi connectivity index (χ0n) is 8.31. The van der Waals surface area contributed by atoms with Crippen LogP contribution in [0.25, 0.3) is 0 Å². The maximum atomic E-state index is 11.2. The molecule has 5 heteroatoms. The third-order valence-electron chi connectivity index (χ3n) is 1.84. The van der Waals surface area contributed by atoms with Crippen molar-refractivity contribution < 1.29 is 14.7 Å². The third kappa shape index (κ3) is 2.76. The second kappa shape index (κ2) is 5.23. The molecule has 0 aliphatic rings. The first-order chi connectivity index (χ1) is 7.10. The van der Waals surface area contributed by atoms with Gasteiger partial charge in [-0.25, -0.2) is 4.79 Å². The van der Waals surface area contributed by atoms with Crippen LogP contribution in [0, 0.1) is 0 Å². The first kappa shape index (κ1) is 12.1. The second-order valence-corrected chi connectivity index (χ2v) is 4.40. The van der Waals surface area contributed by atoms with Crippen molar-refractivity contribution in [1.82, 2.24) is 0 Å². The molecule has 0 spiro atoms. The van der Waals surface area contributed by atoms with Gasteiger partial charge < -0.3 is 5.11 Å². The third-order valence-corrected chi connectivity index (χ3v) is 3.54. The van der Waals surface area contributed by atoms with Crippen molar-refractivity contribution in [2.45, 2.75) is 9.79 Å². The van der Waals surface area contributed by atoms with Crippen LogP contribution >= 0.6 is 23.5 Å². The number of thioether (sulfide) groups is 2. The fourth-order valence-electron chi connectivity index (χ4n) is 1.10. The average Bonchev–Trinajstić information content (AvgIpc) is 2.26. The number of hydrogen-bond acceptors (Lipinski definition) is 4. The molecule has 15 heavy (non-hydrogen) atoms. The quantitative estimate of drug-likeness (QED) is 0.499. The summed E-state index contributed by atoms with van der Waals surface area (Å²) in [7, 11) is 0. The molecule has 3 nitrogen and oxygen atoms in total. The number of carboxylic acids is 1. The number of rotatable bonds is 4. The minimum absolute atomic E-state index is 0.227. The summed E-state index contributed by atoms with van der Waals surface area (Å²) < 4.78 is 0. The van der Waals surface area contributed by atoms with Crippen molar-refractivity contribution in [3.8, 4) is 0 Å². The Morgan fingerprint density at radius 2 is 1.73 bits per heavy atom. The highest BCUT2D eigenvalue weighted by atomic mass is 32.2. The molecule has 1 rings (SSSR count). The zero-order chi connectivity index (χ0) is 11.4. The summed E-state index contributed by atoms with van der Waals surface area (Å²) in [6, 6.07) is 4.93. The predicted octanol–water partition coefficient (Wildman–Crippen LogP) is 2.40. The van der Waals surface area contributed by atoms with Crippen molar-refractivity contribution >= 4 is 35.3 Å². The minimum Gasteiger partial charge on any atom is -0.475 e. The number of hydrogen-bond donors (Lipinski definition) is 1. The van der Waals surface area contributed by atoms with Gasteiger partial charge in [0.15, 0.2) is 0 Å². The van der Waals surface area contributed by atoms with Gasteiger partial charge in [-0.3, -0.25) is 4.79 Å². The van der Waals surface area contributed by atoms with E-state index in [2.05, 4.69) is 0 Å². The molecule has 0 radical (unpaired) electrons. The van der Waals surface area contributed by atoms with Gasteiger partial charge in [0.2, 0.25) is 0 Å². The number of Topliss-reactive ketones (excluding diaryl/α,β-unsaturated/α-hetero) is 1. The van der Waals surface area contributed by atoms with E-state index in [-0.39, 0.29) is 5.56 Å². The Morgan fingerprint density at radius 1 is 1.13 bits per heavy atom. The van der Waals surface area contributed by atoms with E-state index in [4.69, 9.17) is 5.11 Å². The van der Waals surface area contributed by atoms with Crippen LogP contribution < -0.4 is 0 Å². The lowest BCUT2D eigenvalue weighted by Crippen LogP contribution is -2.12. The maximum Gasteiger partial charge on any atom is 0.377 e. The second-order valence-electron chi connectivity index (χ2n) is 2.70. The van der Waals surface area contributed by atoms with Gasteiger partial charge >= 0.3 is 5.97 Å². The molecule has 1 aromatic carbocycles. The van der Waals surface area contributed by atoms with E-state index in [1.165, 1.54) is 11.8 Å². The largest absolute Gasteiger partial charge is 0.475 e. The van der Waals surface area contributed by atoms with Crippen molar-refractivity contribution in [2.75, 3.05) is 12.5 Å². The number of aliphatic carboxylic acids is 1. The summed E-state index contributed by atoms with van der Waals surface area (Å²) in [5.41, 5.74) is 0.227. The van der Waals surface area contributed by atoms with Gasteiger partial charge in [0.05, 0.1) is 0 Å². The summed E-state index contributed by atoms with van der Waals surface area (Å²) in [5, 5.41) is 8.56. The lowest BCUT2D eigenvalue weighted by molar-refractivity contribution is -0.131. The van der Waals surface area contributed by atoms with E-state index in [9.17, 15) is 9.59 Å². The van der Waals surface area contributed by atoms with Crippen molar-refractivity contribution in [3.63, 3.8) is 0 Å². The van der Waals surface area contributed by atoms with Gasteiger partial charge in [-0.1, -0.05) is 0 Å². The fraction of sp³-hybridized carbons (Fsp3) is 0.200. The van der Waals surface area contributed by atoms with Crippen LogP contribution in [0.15, 0.2) is 28.0 Å². The number of benzene rings is 1. The van der Waals surface area contributed by atoms with Crippen LogP contribution in [0.5, 0.6) is 0 Å². The molecule has 0 aliphatic carbocycles. The Morgan fingerprint density at radius 3 is 2.20 bits per heavy atom. The van der Waals surface area contributed by atoms with Gasteiger partial charge in [-0.05, 0) is 30.7 Å². The van der Waals surface area contributed by atoms with Crippen molar-refractivity contribution in [2.24, 2.45) is 0 Å². The van der Waals surface area contributed by atoms with Crippen LogP contribution in [0.2, 0.25) is 0 Å². The Bertz CT molecular complexity index is 402. The van der Waals surface area contributed by atoms with Crippen LogP contribution in [-0.4, -0.2) is 29.4 Å². The van der Waals surface area contributed by atoms with Crippen LogP contribution in [-0.2, 0) is 4.79 Å². The Labute approximate surface area is 96.3 Å². The first-order valence-electron chi connectivity index (χ1n) is 4.09. The molecular formula is C10H10O3S2. The maximum absolute atomic E-state index is 11.2. The molecule has 80 valence electrons. The molecule has 0 saturated carbocycles. The van der Waals surface area contributed by atoms with Gasteiger partial charge in [0.25, 0.3) is 5.78 Å². The minimum atomic E-state index is -1.42. The SMILES string of the molecule is CSc1ccc(C(=O)C(=O)O)cc1SC. The van der Waals surface area contributed by atoms with E-state index in [1.54, 1.807) is 30.0 Å². The number of carbonyl (C=O) groups is 2. The topological polar surface area (TPSA) is 54.4 Å². The van der Waals surface area contributed by atoms with Crippen LogP contribution in [0.1, 0.15) is 10.4 Å². The molecule has 0 heterocycles. The molecule has 0 bridgehead atoms. The molecule has 0 unspecified atom stereocenters. The predicted molar refractivity (Wildman–Crippen MR) is 62.0 cm³/mol. The summed E-state index contributed by atoms with van der Waals surface area (Å²) in [6.07, 6.45) is 3.83. The molecule has 0 fully saturated rings. The molecule has 1 N–H and O–H groups in total. The molecule has 0 atom stereocenters. The standard InChI is InChI=1S/C10H10O3S2/c1-14-7-4-3-6(5-8(7)15-2)9(11)10(12)13/h3-5H,1-2H3,(H,12,13). The lowest BCUT2D eigenvalue weighted by atomic mass is 10.1. The molecule has 1 aromatic rings. The summed E-state index contributed by atoms with van der Waals surface area (Å²) in [4.78, 5) is 23.7. The highest BCUT2D eigenvalue weighted by Gasteiger charge is 2.15. The Kier molecular flexibility index (Phi) is 4.23. The molecule has 0 aromatic heterocycles. The lowest BCUT2D eigenvalue weighted by Gasteiger charge is -2.05. The van der Waals surface area contributed by atoms with E-state index in [1.807, 2.05) is 12.5 Å². The van der Waals surface area contributed by atoms with Crippen molar-refractivity contribution in [3.05, 3.63) is 23.8 Å². The normalized spacial score (nSPS) is 10.0. The highest BCUT2D eigenvalue weighted by molar-refractivity contribution is 8.01. The van der Waals surface area contributed by atoms with Crippen LogP contribution in [0.4, 0.5) is 0 Å². The molecule has 0 saturated heterocycles. The van der Waals surface area contributed by atoms with Gasteiger partial charge in [0, 0.05) is 15.4 Å². The monoisotopic (exact) mass is 242 g/mol. The smallest absolute Gasteiger partial charge is 0.377 e. The number of carboxylic acid groups (broad SMARTS) is 1. The fourth-order valence-corrected chi connectivity index (χ4v) is 2.58. The van der Waals surface area contributed by atoms with Crippen LogP contribution in [0.3, 0.4) is 0 Å². The highest BCUT2D eigenvalue weighted by Crippen LogP contribution is 2.28. The number of ketones is 1. The van der Waals surface area contributed by atoms with E-state index >= 15 is 0 Å². The number of carbonyl (C=O) groups excluding carboxylic acids is 1. The summed E-state index contributed by atoms with van der Waals surface area (Å²) in [5.74, 6) is -2.28. The summed E-state index contributed by atoms with van der Waals surface area (Å²) in [6.45, 7) is 0. The molecule has 0 amide bonds. The Balaban J connectivity index is 3.13.